The van der Waals surface area contributed by atoms with Gasteiger partial charge in [-0.3, -0.25) is 4.90 Å². The highest BCUT2D eigenvalue weighted by Gasteiger charge is 2.30. The van der Waals surface area contributed by atoms with Crippen molar-refractivity contribution in [2.45, 2.75) is 25.4 Å². The maximum absolute atomic E-state index is 12.1. The van der Waals surface area contributed by atoms with Crippen molar-refractivity contribution < 1.29 is 18.3 Å². The second-order valence-corrected chi connectivity index (χ2v) is 3.46. The van der Waals surface area contributed by atoms with Crippen LogP contribution in [0.3, 0.4) is 0 Å². The van der Waals surface area contributed by atoms with Gasteiger partial charge in [-0.1, -0.05) is 6.42 Å². The van der Waals surface area contributed by atoms with Gasteiger partial charge in [0.25, 0.3) is 0 Å². The van der Waals surface area contributed by atoms with E-state index < -0.39 is 12.7 Å². The Morgan fingerprint density at radius 2 is 1.73 bits per heavy atom. The molecular formula is C9H19F3N2O. The maximum atomic E-state index is 12.1. The first-order valence-electron chi connectivity index (χ1n) is 5.09. The standard InChI is InChI=1S/C9H19F3N2O/c10-9(11,12)8-14(6-7-15)5-3-1-2-4-13/h15H,1-8,13H2. The molecule has 0 heterocycles. The molecule has 3 N–H and O–H groups in total. The molecule has 0 unspecified atom stereocenters. The molecule has 92 valence electrons. The summed E-state index contributed by atoms with van der Waals surface area (Å²) in [6.07, 6.45) is -1.84. The summed E-state index contributed by atoms with van der Waals surface area (Å²) < 4.78 is 36.2. The molecular weight excluding hydrogens is 209 g/mol. The number of hydrogen-bond acceptors (Lipinski definition) is 3. The first-order chi connectivity index (χ1) is 6.99. The van der Waals surface area contributed by atoms with Crippen molar-refractivity contribution >= 4 is 0 Å². The predicted molar refractivity (Wildman–Crippen MR) is 52.5 cm³/mol. The minimum atomic E-state index is -4.19. The zero-order valence-electron chi connectivity index (χ0n) is 8.76. The minimum Gasteiger partial charge on any atom is -0.395 e. The van der Waals surface area contributed by atoms with E-state index >= 15 is 0 Å². The molecule has 0 aliphatic rings. The lowest BCUT2D eigenvalue weighted by molar-refractivity contribution is -0.146. The van der Waals surface area contributed by atoms with E-state index in [1.165, 1.54) is 4.90 Å². The Morgan fingerprint density at radius 3 is 2.20 bits per heavy atom. The number of halogens is 3. The quantitative estimate of drug-likeness (QED) is 0.609. The highest BCUT2D eigenvalue weighted by molar-refractivity contribution is 4.63. The molecule has 0 atom stereocenters. The molecule has 15 heavy (non-hydrogen) atoms. The van der Waals surface area contributed by atoms with Gasteiger partial charge in [0.1, 0.15) is 0 Å². The molecule has 0 spiro atoms. The van der Waals surface area contributed by atoms with Crippen molar-refractivity contribution in [2.24, 2.45) is 5.73 Å². The number of aliphatic hydroxyl groups is 1. The molecule has 0 saturated heterocycles. The Morgan fingerprint density at radius 1 is 1.07 bits per heavy atom. The first-order valence-corrected chi connectivity index (χ1v) is 5.09. The van der Waals surface area contributed by atoms with Crippen LogP contribution in [0.1, 0.15) is 19.3 Å². The van der Waals surface area contributed by atoms with Crippen molar-refractivity contribution in [1.29, 1.82) is 0 Å². The van der Waals surface area contributed by atoms with Crippen LogP contribution in [0.2, 0.25) is 0 Å². The van der Waals surface area contributed by atoms with Crippen LogP contribution in [0.25, 0.3) is 0 Å². The van der Waals surface area contributed by atoms with Crippen molar-refractivity contribution in [2.75, 3.05) is 32.8 Å². The Labute approximate surface area is 88.0 Å². The van der Waals surface area contributed by atoms with Gasteiger partial charge in [0.2, 0.25) is 0 Å². The van der Waals surface area contributed by atoms with Gasteiger partial charge in [0, 0.05) is 6.54 Å². The lowest BCUT2D eigenvalue weighted by Gasteiger charge is -2.22. The van der Waals surface area contributed by atoms with Crippen LogP contribution in [-0.2, 0) is 0 Å². The SMILES string of the molecule is NCCCCCN(CCO)CC(F)(F)F. The molecule has 0 saturated carbocycles. The van der Waals surface area contributed by atoms with Gasteiger partial charge >= 0.3 is 6.18 Å². The molecule has 0 aromatic heterocycles. The molecule has 0 bridgehead atoms. The molecule has 0 rings (SSSR count). The molecule has 0 aliphatic carbocycles. The smallest absolute Gasteiger partial charge is 0.395 e. The van der Waals surface area contributed by atoms with Gasteiger partial charge < -0.3 is 10.8 Å². The number of aliphatic hydroxyl groups excluding tert-OH is 1. The lowest BCUT2D eigenvalue weighted by Crippen LogP contribution is -2.36. The Bertz CT molecular complexity index is 153. The van der Waals surface area contributed by atoms with E-state index in [2.05, 4.69) is 0 Å². The zero-order chi connectivity index (χ0) is 11.7. The summed E-state index contributed by atoms with van der Waals surface area (Å²) in [5.41, 5.74) is 5.27. The van der Waals surface area contributed by atoms with Gasteiger partial charge in [-0.2, -0.15) is 13.2 Å². The second kappa shape index (κ2) is 7.90. The molecule has 0 radical (unpaired) electrons. The highest BCUT2D eigenvalue weighted by Crippen LogP contribution is 2.16. The number of hydrogen-bond donors (Lipinski definition) is 2. The summed E-state index contributed by atoms with van der Waals surface area (Å²) in [6, 6.07) is 0. The Balaban J connectivity index is 3.73. The third kappa shape index (κ3) is 9.96. The van der Waals surface area contributed by atoms with Crippen molar-refractivity contribution in [1.82, 2.24) is 4.90 Å². The fraction of sp³-hybridized carbons (Fsp3) is 1.00. The molecule has 0 aromatic carbocycles. The maximum Gasteiger partial charge on any atom is 0.401 e. The highest BCUT2D eigenvalue weighted by atomic mass is 19.4. The number of nitrogens with two attached hydrogens (primary N) is 1. The summed E-state index contributed by atoms with van der Waals surface area (Å²) in [5.74, 6) is 0. The lowest BCUT2D eigenvalue weighted by atomic mass is 10.2. The molecule has 6 heteroatoms. The largest absolute Gasteiger partial charge is 0.401 e. The Hall–Kier alpha value is -0.330. The van der Waals surface area contributed by atoms with Crippen molar-refractivity contribution in [3.8, 4) is 0 Å². The second-order valence-electron chi connectivity index (χ2n) is 3.46. The summed E-state index contributed by atoms with van der Waals surface area (Å²) in [6.45, 7) is -0.190. The average molecular weight is 228 g/mol. The van der Waals surface area contributed by atoms with Gasteiger partial charge in [0.05, 0.1) is 13.2 Å². The molecule has 3 nitrogen and oxygen atoms in total. The third-order valence-corrected chi connectivity index (χ3v) is 2.00. The van der Waals surface area contributed by atoms with Crippen LogP contribution in [0.5, 0.6) is 0 Å². The minimum absolute atomic E-state index is 0.0716. The first kappa shape index (κ1) is 14.7. The number of nitrogens with zero attached hydrogens (tertiary/aromatic N) is 1. The van der Waals surface area contributed by atoms with Crippen LogP contribution >= 0.6 is 0 Å². The fourth-order valence-electron chi connectivity index (χ4n) is 1.32. The van der Waals surface area contributed by atoms with E-state index in [1.807, 2.05) is 0 Å². The normalized spacial score (nSPS) is 12.4. The van der Waals surface area contributed by atoms with Gasteiger partial charge in [-0.05, 0) is 25.9 Å². The third-order valence-electron chi connectivity index (χ3n) is 2.00. The molecule has 0 aliphatic heterocycles. The molecule has 0 aromatic rings. The van der Waals surface area contributed by atoms with E-state index in [-0.39, 0.29) is 13.2 Å². The summed E-state index contributed by atoms with van der Waals surface area (Å²) in [4.78, 5) is 1.22. The Kier molecular flexibility index (Phi) is 7.72. The van der Waals surface area contributed by atoms with Crippen LogP contribution < -0.4 is 5.73 Å². The van der Waals surface area contributed by atoms with E-state index in [0.717, 1.165) is 12.8 Å². The summed E-state index contributed by atoms with van der Waals surface area (Å²) in [5, 5.41) is 8.61. The van der Waals surface area contributed by atoms with E-state index in [9.17, 15) is 13.2 Å². The average Bonchev–Trinajstić information content (AvgIpc) is 2.10. The summed E-state index contributed by atoms with van der Waals surface area (Å²) in [7, 11) is 0. The van der Waals surface area contributed by atoms with Gasteiger partial charge in [-0.15, -0.1) is 0 Å². The molecule has 0 fully saturated rings. The summed E-state index contributed by atoms with van der Waals surface area (Å²) >= 11 is 0. The predicted octanol–water partition coefficient (Wildman–Crippen LogP) is 0.972. The van der Waals surface area contributed by atoms with Crippen molar-refractivity contribution in [3.63, 3.8) is 0 Å². The monoisotopic (exact) mass is 228 g/mol. The van der Waals surface area contributed by atoms with Gasteiger partial charge in [0.15, 0.2) is 0 Å². The van der Waals surface area contributed by atoms with Crippen LogP contribution in [0, 0.1) is 0 Å². The van der Waals surface area contributed by atoms with E-state index in [1.54, 1.807) is 0 Å². The number of unbranched alkanes of at least 4 members (excludes halogenated alkanes) is 2. The van der Waals surface area contributed by atoms with E-state index in [0.29, 0.717) is 19.5 Å². The van der Waals surface area contributed by atoms with Gasteiger partial charge in [-0.25, -0.2) is 0 Å². The fourth-order valence-corrected chi connectivity index (χ4v) is 1.32. The van der Waals surface area contributed by atoms with Crippen molar-refractivity contribution in [3.05, 3.63) is 0 Å². The zero-order valence-corrected chi connectivity index (χ0v) is 8.76. The van der Waals surface area contributed by atoms with E-state index in [4.69, 9.17) is 10.8 Å². The number of alkyl halides is 3. The van der Waals surface area contributed by atoms with Crippen LogP contribution in [0.15, 0.2) is 0 Å². The van der Waals surface area contributed by atoms with Crippen LogP contribution in [0.4, 0.5) is 13.2 Å². The van der Waals surface area contributed by atoms with Crippen LogP contribution in [-0.4, -0.2) is 49.0 Å². The number of rotatable bonds is 8. The molecule has 0 amide bonds. The topological polar surface area (TPSA) is 49.5 Å².